The summed E-state index contributed by atoms with van der Waals surface area (Å²) in [5.41, 5.74) is 7.65. The molecule has 3 aromatic carbocycles. The van der Waals surface area contributed by atoms with Crippen LogP contribution in [0.15, 0.2) is 78.9 Å². The number of hydrogen-bond donors (Lipinski definition) is 0. The lowest BCUT2D eigenvalue weighted by Gasteiger charge is -2.51. The number of fused-ring (bicyclic) bond motifs is 2. The lowest BCUT2D eigenvalue weighted by molar-refractivity contribution is 0.0148. The zero-order valence-corrected chi connectivity index (χ0v) is 20.9. The maximum absolute atomic E-state index is 6.27. The fourth-order valence-corrected chi connectivity index (χ4v) is 6.97. The minimum atomic E-state index is -0.0681. The Morgan fingerprint density at radius 2 is 1.50 bits per heavy atom. The van der Waals surface area contributed by atoms with Gasteiger partial charge >= 0.3 is 0 Å². The smallest absolute Gasteiger partial charge is 0.0720 e. The summed E-state index contributed by atoms with van der Waals surface area (Å²) in [7, 11) is 0. The molecule has 2 heterocycles. The molecule has 3 heteroatoms. The van der Waals surface area contributed by atoms with Crippen LogP contribution in [0.2, 0.25) is 0 Å². The molecular weight excluding hydrogens is 438 g/mol. The van der Waals surface area contributed by atoms with Gasteiger partial charge in [0.15, 0.2) is 0 Å². The molecule has 1 spiro atoms. The Bertz CT molecular complexity index is 1120. The van der Waals surface area contributed by atoms with Crippen LogP contribution in [0.25, 0.3) is 0 Å². The Labute approximate surface area is 210 Å². The number of rotatable bonds is 4. The van der Waals surface area contributed by atoms with Crippen molar-refractivity contribution in [3.63, 3.8) is 0 Å². The molecule has 1 saturated heterocycles. The van der Waals surface area contributed by atoms with Crippen LogP contribution in [0.5, 0.6) is 0 Å². The van der Waals surface area contributed by atoms with Crippen LogP contribution in [-0.2, 0) is 29.6 Å². The van der Waals surface area contributed by atoms with Crippen molar-refractivity contribution in [3.8, 4) is 0 Å². The number of aryl methyl sites for hydroxylation is 1. The van der Waals surface area contributed by atoms with Gasteiger partial charge in [0.05, 0.1) is 13.2 Å². The fourth-order valence-electron chi connectivity index (χ4n) is 6.97. The van der Waals surface area contributed by atoms with E-state index in [-0.39, 0.29) is 17.8 Å². The maximum Gasteiger partial charge on any atom is 0.0720 e. The minimum Gasteiger partial charge on any atom is -0.375 e. The molecule has 2 unspecified atom stereocenters. The number of hydrogen-bond acceptors (Lipinski definition) is 2. The Kier molecular flexibility index (Phi) is 6.84. The van der Waals surface area contributed by atoms with E-state index in [0.717, 1.165) is 26.2 Å². The third kappa shape index (κ3) is 4.11. The van der Waals surface area contributed by atoms with E-state index in [2.05, 4.69) is 83.8 Å². The molecule has 0 saturated carbocycles. The fraction of sp³-hybridized carbons (Fsp3) is 0.419. The van der Waals surface area contributed by atoms with Gasteiger partial charge in [-0.05, 0) is 79.4 Å². The lowest BCUT2D eigenvalue weighted by atomic mass is 9.68. The highest BCUT2D eigenvalue weighted by Gasteiger charge is 2.44. The van der Waals surface area contributed by atoms with Crippen molar-refractivity contribution >= 4 is 12.4 Å². The van der Waals surface area contributed by atoms with Crippen LogP contribution in [0, 0.1) is 0 Å². The lowest BCUT2D eigenvalue weighted by Crippen LogP contribution is -2.56. The van der Waals surface area contributed by atoms with Crippen molar-refractivity contribution in [2.45, 2.75) is 62.5 Å². The topological polar surface area (TPSA) is 12.5 Å². The number of halogens is 1. The molecule has 0 radical (unpaired) electrons. The van der Waals surface area contributed by atoms with Crippen LogP contribution < -0.4 is 0 Å². The summed E-state index contributed by atoms with van der Waals surface area (Å²) in [5.74, 6) is 0. The van der Waals surface area contributed by atoms with E-state index in [9.17, 15) is 0 Å². The predicted molar refractivity (Wildman–Crippen MR) is 142 cm³/mol. The van der Waals surface area contributed by atoms with Gasteiger partial charge in [0.25, 0.3) is 0 Å². The third-order valence-electron chi connectivity index (χ3n) is 8.76. The number of likely N-dealkylation sites (tertiary alicyclic amines) is 1. The molecule has 2 atom stereocenters. The van der Waals surface area contributed by atoms with Gasteiger partial charge in [0.1, 0.15) is 0 Å². The summed E-state index contributed by atoms with van der Waals surface area (Å²) in [6, 6.07) is 29.3. The van der Waals surface area contributed by atoms with Crippen molar-refractivity contribution in [2.24, 2.45) is 0 Å². The van der Waals surface area contributed by atoms with E-state index in [1.807, 2.05) is 0 Å². The summed E-state index contributed by atoms with van der Waals surface area (Å²) in [4.78, 5) is 2.88. The first-order chi connectivity index (χ1) is 16.3. The molecule has 6 rings (SSSR count). The summed E-state index contributed by atoms with van der Waals surface area (Å²) in [6.45, 7) is 3.87. The molecule has 0 N–H and O–H groups in total. The summed E-state index contributed by atoms with van der Waals surface area (Å²) in [5, 5.41) is 0. The van der Waals surface area contributed by atoms with Gasteiger partial charge < -0.3 is 4.74 Å². The zero-order chi connectivity index (χ0) is 22.1. The van der Waals surface area contributed by atoms with Gasteiger partial charge in [-0.3, -0.25) is 4.90 Å². The van der Waals surface area contributed by atoms with Crippen molar-refractivity contribution < 1.29 is 4.74 Å². The Morgan fingerprint density at radius 3 is 2.35 bits per heavy atom. The highest BCUT2D eigenvalue weighted by Crippen LogP contribution is 2.44. The quantitative estimate of drug-likeness (QED) is 0.416. The van der Waals surface area contributed by atoms with Crippen LogP contribution in [-0.4, -0.2) is 30.1 Å². The van der Waals surface area contributed by atoms with Crippen molar-refractivity contribution in [2.75, 3.05) is 19.7 Å². The Hall–Kier alpha value is -2.13. The van der Waals surface area contributed by atoms with Crippen LogP contribution in [0.3, 0.4) is 0 Å². The van der Waals surface area contributed by atoms with Crippen molar-refractivity contribution in [1.29, 1.82) is 0 Å². The monoisotopic (exact) mass is 473 g/mol. The standard InChI is InChI=1S/C31H35NO.ClH/c1-2-13-28(14-3-1)31(24-33-23-27-12-6-7-15-29(27)31)19-21-32-20-9-8-17-30(32)18-16-25-10-4-5-11-26(25)22-30;/h1-7,10-15H,8-9,16-24H2;1H. The molecule has 0 aromatic heterocycles. The molecular formula is C31H36ClNO. The van der Waals surface area contributed by atoms with Gasteiger partial charge in [0, 0.05) is 11.0 Å². The molecule has 1 aliphatic carbocycles. The van der Waals surface area contributed by atoms with Gasteiger partial charge in [-0.25, -0.2) is 0 Å². The first-order valence-electron chi connectivity index (χ1n) is 12.8. The zero-order valence-electron chi connectivity index (χ0n) is 20.0. The molecule has 3 aliphatic rings. The maximum atomic E-state index is 6.27. The third-order valence-corrected chi connectivity index (χ3v) is 8.76. The minimum absolute atomic E-state index is 0. The van der Waals surface area contributed by atoms with Crippen molar-refractivity contribution in [1.82, 2.24) is 4.90 Å². The normalized spacial score (nSPS) is 26.4. The van der Waals surface area contributed by atoms with Crippen LogP contribution >= 0.6 is 12.4 Å². The van der Waals surface area contributed by atoms with Gasteiger partial charge in [-0.2, -0.15) is 0 Å². The highest BCUT2D eigenvalue weighted by molar-refractivity contribution is 5.85. The van der Waals surface area contributed by atoms with Gasteiger partial charge in [0.2, 0.25) is 0 Å². The van der Waals surface area contributed by atoms with E-state index in [4.69, 9.17) is 4.74 Å². The van der Waals surface area contributed by atoms with Crippen molar-refractivity contribution in [3.05, 3.63) is 107 Å². The molecule has 3 aromatic rings. The molecule has 1 fully saturated rings. The first kappa shape index (κ1) is 23.6. The highest BCUT2D eigenvalue weighted by atomic mass is 35.5. The Morgan fingerprint density at radius 1 is 0.765 bits per heavy atom. The first-order valence-corrected chi connectivity index (χ1v) is 12.8. The summed E-state index contributed by atoms with van der Waals surface area (Å²) < 4.78 is 6.27. The average Bonchev–Trinajstić information content (AvgIpc) is 2.89. The molecule has 2 nitrogen and oxygen atoms in total. The number of benzene rings is 3. The van der Waals surface area contributed by atoms with E-state index < -0.39 is 0 Å². The largest absolute Gasteiger partial charge is 0.375 e. The summed E-state index contributed by atoms with van der Waals surface area (Å²) >= 11 is 0. The average molecular weight is 474 g/mol. The van der Waals surface area contributed by atoms with Crippen LogP contribution in [0.4, 0.5) is 0 Å². The number of nitrogens with zero attached hydrogens (tertiary/aromatic N) is 1. The second-order valence-electron chi connectivity index (χ2n) is 10.5. The number of ether oxygens (including phenoxy) is 1. The second kappa shape index (κ2) is 9.85. The van der Waals surface area contributed by atoms with E-state index in [1.165, 1.54) is 61.8 Å². The van der Waals surface area contributed by atoms with Crippen LogP contribution in [0.1, 0.15) is 59.9 Å². The van der Waals surface area contributed by atoms with E-state index in [0.29, 0.717) is 5.54 Å². The van der Waals surface area contributed by atoms with E-state index >= 15 is 0 Å². The van der Waals surface area contributed by atoms with Gasteiger partial charge in [-0.1, -0.05) is 85.3 Å². The molecule has 2 aliphatic heterocycles. The molecule has 0 amide bonds. The number of piperidine rings is 1. The predicted octanol–water partition coefficient (Wildman–Crippen LogP) is 6.73. The summed E-state index contributed by atoms with van der Waals surface area (Å²) in [6.07, 6.45) is 8.89. The SMILES string of the molecule is Cl.c1ccc(C2(CCN3CCCCC34CCc3ccccc3C4)COCc3ccccc32)cc1. The molecule has 34 heavy (non-hydrogen) atoms. The Balaban J connectivity index is 0.00000241. The molecule has 0 bridgehead atoms. The second-order valence-corrected chi connectivity index (χ2v) is 10.5. The molecule has 178 valence electrons. The van der Waals surface area contributed by atoms with Gasteiger partial charge in [-0.15, -0.1) is 12.4 Å². The van der Waals surface area contributed by atoms with E-state index in [1.54, 1.807) is 11.1 Å².